The van der Waals surface area contributed by atoms with Crippen molar-refractivity contribution in [3.63, 3.8) is 0 Å². The van der Waals surface area contributed by atoms with Crippen molar-refractivity contribution in [1.82, 2.24) is 0 Å². The molecular formula is C15H20O7S2. The predicted octanol–water partition coefficient (Wildman–Crippen LogP) is 2.78. The van der Waals surface area contributed by atoms with Gasteiger partial charge in [0.15, 0.2) is 18.1 Å². The molecule has 0 fully saturated rings. The van der Waals surface area contributed by atoms with Gasteiger partial charge >= 0.3 is 11.1 Å². The number of aryl methyl sites for hydroxylation is 1. The first-order valence-corrected chi connectivity index (χ1v) is 8.61. The maximum absolute atomic E-state index is 12.3. The zero-order chi connectivity index (χ0) is 18.5. The van der Waals surface area contributed by atoms with Gasteiger partial charge in [0, 0.05) is 18.1 Å². The van der Waals surface area contributed by atoms with E-state index < -0.39 is 21.8 Å². The Hall–Kier alpha value is -1.48. The lowest BCUT2D eigenvalue weighted by molar-refractivity contribution is -0.126. The molecule has 0 bridgehead atoms. The number of thioether (sulfide) groups is 1. The largest absolute Gasteiger partial charge is 0.519 e. The minimum absolute atomic E-state index is 0.0157. The van der Waals surface area contributed by atoms with E-state index in [0.29, 0.717) is 11.8 Å². The Balaban J connectivity index is 2.60. The lowest BCUT2D eigenvalue weighted by atomic mass is 9.94. The van der Waals surface area contributed by atoms with Crippen LogP contribution < -0.4 is 5.82 Å². The van der Waals surface area contributed by atoms with E-state index in [4.69, 9.17) is 9.15 Å². The lowest BCUT2D eigenvalue weighted by Crippen LogP contribution is -2.33. The third-order valence-corrected chi connectivity index (χ3v) is 4.86. The van der Waals surface area contributed by atoms with Crippen LogP contribution >= 0.6 is 24.4 Å². The Morgan fingerprint density at radius 1 is 1.29 bits per heavy atom. The van der Waals surface area contributed by atoms with Crippen LogP contribution in [0, 0.1) is 12.8 Å². The van der Waals surface area contributed by atoms with E-state index in [1.165, 1.54) is 13.8 Å². The fourth-order valence-corrected chi connectivity index (χ4v) is 2.85. The van der Waals surface area contributed by atoms with Gasteiger partial charge < -0.3 is 13.6 Å². The summed E-state index contributed by atoms with van der Waals surface area (Å²) in [5, 5.41) is -0.693. The molecule has 24 heavy (non-hydrogen) atoms. The Kier molecular flexibility index (Phi) is 7.34. The summed E-state index contributed by atoms with van der Waals surface area (Å²) in [6.45, 7) is 5.82. The summed E-state index contributed by atoms with van der Waals surface area (Å²) in [6, 6.07) is 0. The monoisotopic (exact) mass is 376 g/mol. The van der Waals surface area contributed by atoms with Crippen molar-refractivity contribution in [2.45, 2.75) is 45.5 Å². The summed E-state index contributed by atoms with van der Waals surface area (Å²) in [5.74, 6) is -1.10. The van der Waals surface area contributed by atoms with Crippen molar-refractivity contribution >= 4 is 41.3 Å². The van der Waals surface area contributed by atoms with Gasteiger partial charge in [0.1, 0.15) is 11.6 Å². The van der Waals surface area contributed by atoms with Crippen molar-refractivity contribution < 1.29 is 28.0 Å². The van der Waals surface area contributed by atoms with E-state index in [1.807, 2.05) is 0 Å². The lowest BCUT2D eigenvalue weighted by Gasteiger charge is -2.22. The second kappa shape index (κ2) is 8.57. The van der Waals surface area contributed by atoms with Crippen LogP contribution in [-0.2, 0) is 20.9 Å². The highest BCUT2D eigenvalue weighted by Gasteiger charge is 2.34. The number of thiol groups is 1. The zero-order valence-corrected chi connectivity index (χ0v) is 15.6. The van der Waals surface area contributed by atoms with Gasteiger partial charge in [-0.1, -0.05) is 0 Å². The molecule has 0 saturated heterocycles. The van der Waals surface area contributed by atoms with Gasteiger partial charge in [-0.05, 0) is 39.5 Å². The van der Waals surface area contributed by atoms with Crippen molar-refractivity contribution in [1.29, 1.82) is 0 Å². The smallest absolute Gasteiger partial charge is 0.449 e. The van der Waals surface area contributed by atoms with E-state index >= 15 is 0 Å². The SMILES string of the molecule is CC(=O)[C@H](CS)CC(=O)C(C)(C)SC(=O)OCc1oc(=O)oc1C. The minimum Gasteiger partial charge on any atom is -0.449 e. The van der Waals surface area contributed by atoms with Gasteiger partial charge in [0.25, 0.3) is 0 Å². The van der Waals surface area contributed by atoms with Gasteiger partial charge in [0.2, 0.25) is 0 Å². The third kappa shape index (κ3) is 5.86. The summed E-state index contributed by atoms with van der Waals surface area (Å²) in [7, 11) is 0. The summed E-state index contributed by atoms with van der Waals surface area (Å²) < 4.78 is 13.3. The molecule has 0 aliphatic carbocycles. The molecule has 134 valence electrons. The van der Waals surface area contributed by atoms with Crippen LogP contribution in [0.2, 0.25) is 0 Å². The summed E-state index contributed by atoms with van der Waals surface area (Å²) >= 11 is 4.77. The number of ether oxygens (including phenoxy) is 1. The predicted molar refractivity (Wildman–Crippen MR) is 91.5 cm³/mol. The Morgan fingerprint density at radius 3 is 2.38 bits per heavy atom. The van der Waals surface area contributed by atoms with Gasteiger partial charge in [-0.2, -0.15) is 12.6 Å². The van der Waals surface area contributed by atoms with Crippen LogP contribution in [0.3, 0.4) is 0 Å². The van der Waals surface area contributed by atoms with Crippen LogP contribution in [0.15, 0.2) is 13.6 Å². The normalized spacial score (nSPS) is 12.7. The molecular weight excluding hydrogens is 356 g/mol. The number of carbonyl (C=O) groups excluding carboxylic acids is 3. The molecule has 1 rings (SSSR count). The molecule has 0 spiro atoms. The summed E-state index contributed by atoms with van der Waals surface area (Å²) in [6.07, 6.45) is 0.0157. The van der Waals surface area contributed by atoms with Crippen LogP contribution in [0.1, 0.15) is 38.7 Å². The number of Topliss-reactive ketones (excluding diaryl/α,β-unsaturated/α-hetero) is 2. The van der Waals surface area contributed by atoms with Gasteiger partial charge in [0.05, 0.1) is 4.75 Å². The molecule has 1 atom stereocenters. The fraction of sp³-hybridized carbons (Fsp3) is 0.600. The van der Waals surface area contributed by atoms with E-state index in [-0.39, 0.29) is 41.9 Å². The maximum Gasteiger partial charge on any atom is 0.519 e. The fourth-order valence-electron chi connectivity index (χ4n) is 1.73. The number of ketones is 2. The van der Waals surface area contributed by atoms with E-state index in [9.17, 15) is 19.2 Å². The topological polar surface area (TPSA) is 104 Å². The molecule has 0 aromatic carbocycles. The van der Waals surface area contributed by atoms with Crippen LogP contribution in [0.4, 0.5) is 4.79 Å². The average Bonchev–Trinajstić information content (AvgIpc) is 2.79. The van der Waals surface area contributed by atoms with Gasteiger partial charge in [-0.3, -0.25) is 9.59 Å². The zero-order valence-electron chi connectivity index (χ0n) is 13.9. The molecule has 1 aromatic rings. The average molecular weight is 376 g/mol. The summed E-state index contributed by atoms with van der Waals surface area (Å²) in [5.41, 5.74) is 0. The van der Waals surface area contributed by atoms with Crippen molar-refractivity contribution in [3.8, 4) is 0 Å². The Bertz CT molecular complexity index is 672. The summed E-state index contributed by atoms with van der Waals surface area (Å²) in [4.78, 5) is 46.5. The Labute approximate surface area is 148 Å². The van der Waals surface area contributed by atoms with Crippen LogP contribution in [0.25, 0.3) is 0 Å². The standard InChI is InChI=1S/C15H20O7S2/c1-8(16)10(7-23)5-12(17)15(3,4)24-14(19)20-6-11-9(2)21-13(18)22-11/h10,23H,5-7H2,1-4H3/t10-/m0/s1. The molecule has 9 heteroatoms. The molecule has 1 aromatic heterocycles. The molecule has 0 radical (unpaired) electrons. The highest BCUT2D eigenvalue weighted by molar-refractivity contribution is 8.15. The van der Waals surface area contributed by atoms with Gasteiger partial charge in [-0.25, -0.2) is 9.59 Å². The minimum atomic E-state index is -1.06. The second-order valence-electron chi connectivity index (χ2n) is 5.70. The Morgan fingerprint density at radius 2 is 1.92 bits per heavy atom. The molecule has 0 aliphatic rings. The van der Waals surface area contributed by atoms with E-state index in [2.05, 4.69) is 17.0 Å². The highest BCUT2D eigenvalue weighted by Crippen LogP contribution is 2.30. The van der Waals surface area contributed by atoms with Crippen molar-refractivity contribution in [2.24, 2.45) is 5.92 Å². The van der Waals surface area contributed by atoms with Crippen LogP contribution in [-0.4, -0.2) is 27.4 Å². The molecule has 7 nitrogen and oxygen atoms in total. The molecule has 0 N–H and O–H groups in total. The molecule has 0 saturated carbocycles. The van der Waals surface area contributed by atoms with Crippen LogP contribution in [0.5, 0.6) is 0 Å². The maximum atomic E-state index is 12.3. The highest BCUT2D eigenvalue weighted by atomic mass is 32.2. The molecule has 0 aliphatic heterocycles. The van der Waals surface area contributed by atoms with Crippen molar-refractivity contribution in [3.05, 3.63) is 22.1 Å². The first-order chi connectivity index (χ1) is 11.1. The first-order valence-electron chi connectivity index (χ1n) is 7.16. The van der Waals surface area contributed by atoms with E-state index in [1.54, 1.807) is 13.8 Å². The number of carbonyl (C=O) groups is 3. The third-order valence-electron chi connectivity index (χ3n) is 3.39. The number of rotatable bonds is 8. The quantitative estimate of drug-likeness (QED) is 0.545. The second-order valence-corrected chi connectivity index (χ2v) is 7.63. The number of hydrogen-bond donors (Lipinski definition) is 1. The number of hydrogen-bond acceptors (Lipinski definition) is 9. The van der Waals surface area contributed by atoms with E-state index in [0.717, 1.165) is 0 Å². The first kappa shape index (κ1) is 20.6. The van der Waals surface area contributed by atoms with Crippen molar-refractivity contribution in [2.75, 3.05) is 5.75 Å². The molecule has 0 amide bonds. The molecule has 1 heterocycles. The molecule has 0 unspecified atom stereocenters. The van der Waals surface area contributed by atoms with Gasteiger partial charge in [-0.15, -0.1) is 0 Å².